The fourth-order valence-corrected chi connectivity index (χ4v) is 2.40. The van der Waals surface area contributed by atoms with E-state index in [1.54, 1.807) is 12.1 Å². The van der Waals surface area contributed by atoms with E-state index in [1.165, 1.54) is 6.07 Å². The number of hydrogen-bond donors (Lipinski definition) is 0. The maximum absolute atomic E-state index is 13.0. The first-order valence-electron chi connectivity index (χ1n) is 5.08. The quantitative estimate of drug-likeness (QED) is 0.699. The van der Waals surface area contributed by atoms with Gasteiger partial charge in [0.25, 0.3) is 0 Å². The number of alkyl halides is 1. The molecule has 0 amide bonds. The third kappa shape index (κ3) is 2.81. The highest BCUT2D eigenvalue weighted by molar-refractivity contribution is 9.09. The van der Waals surface area contributed by atoms with Crippen LogP contribution in [0.4, 0.5) is 4.39 Å². The zero-order valence-electron chi connectivity index (χ0n) is 8.63. The Labute approximate surface area is 93.7 Å². The fourth-order valence-electron chi connectivity index (χ4n) is 1.72. The molecule has 0 radical (unpaired) electrons. The highest BCUT2D eigenvalue weighted by atomic mass is 79.9. The van der Waals surface area contributed by atoms with Crippen LogP contribution in [-0.4, -0.2) is 4.83 Å². The van der Waals surface area contributed by atoms with Gasteiger partial charge in [0.2, 0.25) is 0 Å². The molecule has 0 heterocycles. The smallest absolute Gasteiger partial charge is 0.123 e. The molecule has 0 saturated heterocycles. The zero-order valence-corrected chi connectivity index (χ0v) is 10.2. The Kier molecular flexibility index (Phi) is 4.59. The topological polar surface area (TPSA) is 0 Å². The summed E-state index contributed by atoms with van der Waals surface area (Å²) >= 11 is 3.64. The van der Waals surface area contributed by atoms with Crippen LogP contribution in [0.1, 0.15) is 38.2 Å². The van der Waals surface area contributed by atoms with Gasteiger partial charge < -0.3 is 0 Å². The molecule has 0 aliphatic heterocycles. The molecule has 1 rings (SSSR count). The lowest BCUT2D eigenvalue weighted by Gasteiger charge is -2.20. The summed E-state index contributed by atoms with van der Waals surface area (Å²) in [5.41, 5.74) is 1.09. The van der Waals surface area contributed by atoms with Gasteiger partial charge in [0.05, 0.1) is 0 Å². The lowest BCUT2D eigenvalue weighted by molar-refractivity contribution is 0.597. The molecule has 0 bridgehead atoms. The summed E-state index contributed by atoms with van der Waals surface area (Å²) < 4.78 is 13.0. The van der Waals surface area contributed by atoms with Crippen LogP contribution in [0.15, 0.2) is 24.3 Å². The van der Waals surface area contributed by atoms with Gasteiger partial charge in [-0.05, 0) is 36.5 Å². The molecule has 14 heavy (non-hydrogen) atoms. The molecule has 1 aromatic rings. The Morgan fingerprint density at radius 3 is 2.50 bits per heavy atom. The van der Waals surface area contributed by atoms with E-state index in [4.69, 9.17) is 0 Å². The number of halogens is 2. The molecular weight excluding hydrogens is 243 g/mol. The molecule has 2 unspecified atom stereocenters. The van der Waals surface area contributed by atoms with Gasteiger partial charge in [-0.3, -0.25) is 0 Å². The van der Waals surface area contributed by atoms with Crippen molar-refractivity contribution in [2.24, 2.45) is 0 Å². The van der Waals surface area contributed by atoms with E-state index < -0.39 is 0 Å². The van der Waals surface area contributed by atoms with Crippen molar-refractivity contribution in [2.45, 2.75) is 37.4 Å². The zero-order chi connectivity index (χ0) is 10.6. The van der Waals surface area contributed by atoms with Crippen LogP contribution >= 0.6 is 15.9 Å². The summed E-state index contributed by atoms with van der Waals surface area (Å²) in [6, 6.07) is 6.91. The Hall–Kier alpha value is -0.370. The van der Waals surface area contributed by atoms with Crippen LogP contribution in [0.5, 0.6) is 0 Å². The molecule has 1 aromatic carbocycles. The van der Waals surface area contributed by atoms with E-state index in [0.717, 1.165) is 18.4 Å². The summed E-state index contributed by atoms with van der Waals surface area (Å²) in [6.45, 7) is 4.28. The minimum Gasteiger partial charge on any atom is -0.207 e. The third-order valence-electron chi connectivity index (χ3n) is 2.54. The Morgan fingerprint density at radius 1 is 1.29 bits per heavy atom. The number of hydrogen-bond acceptors (Lipinski definition) is 0. The van der Waals surface area contributed by atoms with Crippen LogP contribution in [-0.2, 0) is 0 Å². The van der Waals surface area contributed by atoms with Crippen LogP contribution in [0.2, 0.25) is 0 Å². The molecule has 0 aromatic heterocycles. The van der Waals surface area contributed by atoms with Crippen molar-refractivity contribution in [1.29, 1.82) is 0 Å². The molecular formula is C12H16BrF. The second-order valence-electron chi connectivity index (χ2n) is 3.49. The van der Waals surface area contributed by atoms with Gasteiger partial charge in [-0.2, -0.15) is 0 Å². The first kappa shape index (κ1) is 11.7. The van der Waals surface area contributed by atoms with Crippen molar-refractivity contribution in [3.05, 3.63) is 35.6 Å². The van der Waals surface area contributed by atoms with Crippen molar-refractivity contribution in [1.82, 2.24) is 0 Å². The number of rotatable bonds is 4. The molecule has 0 spiro atoms. The Balaban J connectivity index is 2.89. The first-order valence-corrected chi connectivity index (χ1v) is 6.00. The average molecular weight is 259 g/mol. The second-order valence-corrected chi connectivity index (χ2v) is 4.67. The molecule has 78 valence electrons. The summed E-state index contributed by atoms with van der Waals surface area (Å²) in [5.74, 6) is 0.271. The molecule has 0 saturated carbocycles. The third-order valence-corrected chi connectivity index (χ3v) is 3.83. The molecule has 0 N–H and O–H groups in total. The Morgan fingerprint density at radius 2 is 2.00 bits per heavy atom. The van der Waals surface area contributed by atoms with Crippen molar-refractivity contribution >= 4 is 15.9 Å². The van der Waals surface area contributed by atoms with Gasteiger partial charge in [-0.1, -0.05) is 41.9 Å². The highest BCUT2D eigenvalue weighted by Gasteiger charge is 2.17. The van der Waals surface area contributed by atoms with Crippen molar-refractivity contribution < 1.29 is 4.39 Å². The molecule has 2 heteroatoms. The maximum Gasteiger partial charge on any atom is 0.123 e. The SMILES string of the molecule is CCC(Br)C(CC)c1cccc(F)c1. The molecule has 0 nitrogen and oxygen atoms in total. The Bertz CT molecular complexity index is 285. The molecule has 0 fully saturated rings. The van der Waals surface area contributed by atoms with Gasteiger partial charge in [-0.25, -0.2) is 4.39 Å². The predicted molar refractivity (Wildman–Crippen MR) is 62.4 cm³/mol. The van der Waals surface area contributed by atoms with Gasteiger partial charge >= 0.3 is 0 Å². The monoisotopic (exact) mass is 258 g/mol. The van der Waals surface area contributed by atoms with E-state index >= 15 is 0 Å². The second kappa shape index (κ2) is 5.50. The van der Waals surface area contributed by atoms with Crippen molar-refractivity contribution in [3.63, 3.8) is 0 Å². The van der Waals surface area contributed by atoms with Crippen LogP contribution in [0.3, 0.4) is 0 Å². The largest absolute Gasteiger partial charge is 0.207 e. The standard InChI is InChI=1S/C12H16BrF/c1-3-11(12(13)4-2)9-6-5-7-10(14)8-9/h5-8,11-12H,3-4H2,1-2H3. The summed E-state index contributed by atoms with van der Waals surface area (Å²) in [7, 11) is 0. The minimum atomic E-state index is -0.142. The first-order chi connectivity index (χ1) is 6.69. The lowest BCUT2D eigenvalue weighted by atomic mass is 9.92. The number of benzene rings is 1. The van der Waals surface area contributed by atoms with E-state index in [9.17, 15) is 4.39 Å². The van der Waals surface area contributed by atoms with Crippen molar-refractivity contribution in [3.8, 4) is 0 Å². The van der Waals surface area contributed by atoms with Crippen LogP contribution in [0.25, 0.3) is 0 Å². The highest BCUT2D eigenvalue weighted by Crippen LogP contribution is 2.30. The predicted octanol–water partition coefficient (Wildman–Crippen LogP) is 4.49. The van der Waals surface area contributed by atoms with E-state index in [-0.39, 0.29) is 5.82 Å². The van der Waals surface area contributed by atoms with Gasteiger partial charge in [0, 0.05) is 4.83 Å². The van der Waals surface area contributed by atoms with Crippen LogP contribution in [0, 0.1) is 5.82 Å². The lowest BCUT2D eigenvalue weighted by Crippen LogP contribution is -2.10. The van der Waals surface area contributed by atoms with Gasteiger partial charge in [0.15, 0.2) is 0 Å². The summed E-state index contributed by atoms with van der Waals surface area (Å²) in [4.78, 5) is 0.439. The minimum absolute atomic E-state index is 0.142. The summed E-state index contributed by atoms with van der Waals surface area (Å²) in [6.07, 6.45) is 2.10. The van der Waals surface area contributed by atoms with Gasteiger partial charge in [0.1, 0.15) is 5.82 Å². The van der Waals surface area contributed by atoms with Gasteiger partial charge in [-0.15, -0.1) is 0 Å². The van der Waals surface area contributed by atoms with Crippen LogP contribution < -0.4 is 0 Å². The molecule has 0 aliphatic rings. The maximum atomic E-state index is 13.0. The molecule has 2 atom stereocenters. The van der Waals surface area contributed by atoms with E-state index in [2.05, 4.69) is 29.8 Å². The fraction of sp³-hybridized carbons (Fsp3) is 0.500. The normalized spacial score (nSPS) is 15.1. The summed E-state index contributed by atoms with van der Waals surface area (Å²) in [5, 5.41) is 0. The van der Waals surface area contributed by atoms with E-state index in [0.29, 0.717) is 10.7 Å². The average Bonchev–Trinajstić information content (AvgIpc) is 2.19. The van der Waals surface area contributed by atoms with E-state index in [1.807, 2.05) is 6.07 Å². The van der Waals surface area contributed by atoms with Crippen molar-refractivity contribution in [2.75, 3.05) is 0 Å². The molecule has 0 aliphatic carbocycles.